The molecule has 3 fully saturated rings. The maximum Gasteiger partial charge on any atom is 0.325 e. The zero-order valence-corrected chi connectivity index (χ0v) is 17.7. The highest BCUT2D eigenvalue weighted by molar-refractivity contribution is 6.09. The summed E-state index contributed by atoms with van der Waals surface area (Å²) in [5, 5.41) is 2.86. The molecule has 1 aliphatic carbocycles. The molecule has 1 N–H and O–H groups in total. The first-order valence-corrected chi connectivity index (χ1v) is 10.7. The number of amides is 4. The van der Waals surface area contributed by atoms with E-state index in [1.165, 1.54) is 5.56 Å². The fraction of sp³-hybridized carbons (Fsp3) is 0.591. The van der Waals surface area contributed by atoms with E-state index in [0.717, 1.165) is 43.1 Å². The fourth-order valence-corrected chi connectivity index (χ4v) is 4.80. The van der Waals surface area contributed by atoms with Gasteiger partial charge >= 0.3 is 6.03 Å². The molecule has 1 atom stereocenters. The summed E-state index contributed by atoms with van der Waals surface area (Å²) in [5.41, 5.74) is 0.424. The largest absolute Gasteiger partial charge is 0.497 e. The number of ether oxygens (including phenoxy) is 1. The molecule has 0 aromatic heterocycles. The van der Waals surface area contributed by atoms with E-state index in [-0.39, 0.29) is 11.8 Å². The lowest BCUT2D eigenvalue weighted by molar-refractivity contribution is -0.144. The van der Waals surface area contributed by atoms with Gasteiger partial charge in [0.1, 0.15) is 17.3 Å². The van der Waals surface area contributed by atoms with Crippen molar-refractivity contribution in [2.45, 2.75) is 50.7 Å². The van der Waals surface area contributed by atoms with Gasteiger partial charge in [0, 0.05) is 32.7 Å². The maximum atomic E-state index is 13.0. The number of nitrogens with one attached hydrogen (secondary N) is 1. The van der Waals surface area contributed by atoms with Crippen LogP contribution in [0.4, 0.5) is 4.79 Å². The fourth-order valence-electron chi connectivity index (χ4n) is 4.80. The number of carbonyl (C=O) groups is 3. The molecule has 2 saturated heterocycles. The summed E-state index contributed by atoms with van der Waals surface area (Å²) < 4.78 is 5.20. The van der Waals surface area contributed by atoms with E-state index in [1.807, 2.05) is 12.1 Å². The first kappa shape index (κ1) is 20.7. The molecule has 1 aromatic rings. The Morgan fingerprint density at radius 2 is 1.73 bits per heavy atom. The molecule has 2 aliphatic heterocycles. The molecule has 4 amide bonds. The third kappa shape index (κ3) is 3.76. The quantitative estimate of drug-likeness (QED) is 0.740. The summed E-state index contributed by atoms with van der Waals surface area (Å²) in [5.74, 6) is 0.449. The topological polar surface area (TPSA) is 82.2 Å². The van der Waals surface area contributed by atoms with Gasteiger partial charge in [-0.2, -0.15) is 0 Å². The summed E-state index contributed by atoms with van der Waals surface area (Å²) in [7, 11) is 1.65. The van der Waals surface area contributed by atoms with Crippen molar-refractivity contribution in [2.24, 2.45) is 0 Å². The summed E-state index contributed by atoms with van der Waals surface area (Å²) in [6.45, 7) is 5.18. The number of benzene rings is 1. The van der Waals surface area contributed by atoms with E-state index in [9.17, 15) is 14.4 Å². The van der Waals surface area contributed by atoms with Crippen LogP contribution in [0, 0.1) is 0 Å². The number of piperazine rings is 1. The van der Waals surface area contributed by atoms with Crippen molar-refractivity contribution in [3.8, 4) is 5.75 Å². The number of hydrogen-bond donors (Lipinski definition) is 1. The lowest BCUT2D eigenvalue weighted by Crippen LogP contribution is -2.55. The SMILES string of the molecule is COc1ccc(CN2CCN(C(=O)C(C)N3C(=O)NC4(CCCC4)C3=O)CC2)cc1. The van der Waals surface area contributed by atoms with Crippen molar-refractivity contribution in [1.82, 2.24) is 20.0 Å². The Labute approximate surface area is 177 Å². The predicted molar refractivity (Wildman–Crippen MR) is 111 cm³/mol. The molecular formula is C22H30N4O4. The molecule has 2 heterocycles. The zero-order chi connectivity index (χ0) is 21.3. The lowest BCUT2D eigenvalue weighted by atomic mass is 9.97. The van der Waals surface area contributed by atoms with Gasteiger partial charge in [0.25, 0.3) is 5.91 Å². The first-order valence-electron chi connectivity index (χ1n) is 10.7. The minimum absolute atomic E-state index is 0.155. The Kier molecular flexibility index (Phi) is 5.69. The van der Waals surface area contributed by atoms with E-state index in [2.05, 4.69) is 22.3 Å². The number of imide groups is 1. The summed E-state index contributed by atoms with van der Waals surface area (Å²) in [4.78, 5) is 43.7. The van der Waals surface area contributed by atoms with Crippen molar-refractivity contribution < 1.29 is 19.1 Å². The van der Waals surface area contributed by atoms with Gasteiger partial charge in [-0.15, -0.1) is 0 Å². The molecule has 162 valence electrons. The van der Waals surface area contributed by atoms with Crippen molar-refractivity contribution in [2.75, 3.05) is 33.3 Å². The van der Waals surface area contributed by atoms with Crippen LogP contribution in [-0.4, -0.2) is 77.4 Å². The van der Waals surface area contributed by atoms with Crippen molar-refractivity contribution in [1.29, 1.82) is 0 Å². The van der Waals surface area contributed by atoms with Crippen LogP contribution in [0.5, 0.6) is 5.75 Å². The van der Waals surface area contributed by atoms with Gasteiger partial charge in [-0.25, -0.2) is 9.69 Å². The smallest absolute Gasteiger partial charge is 0.325 e. The number of hydrogen-bond acceptors (Lipinski definition) is 5. The summed E-state index contributed by atoms with van der Waals surface area (Å²) >= 11 is 0. The molecule has 8 heteroatoms. The molecule has 8 nitrogen and oxygen atoms in total. The van der Waals surface area contributed by atoms with Crippen LogP contribution in [0.3, 0.4) is 0 Å². The van der Waals surface area contributed by atoms with Gasteiger partial charge < -0.3 is 15.0 Å². The van der Waals surface area contributed by atoms with Crippen LogP contribution in [0.25, 0.3) is 0 Å². The van der Waals surface area contributed by atoms with Crippen LogP contribution in [0.15, 0.2) is 24.3 Å². The number of carbonyl (C=O) groups excluding carboxylic acids is 3. The van der Waals surface area contributed by atoms with Gasteiger partial charge in [-0.3, -0.25) is 14.5 Å². The number of methoxy groups -OCH3 is 1. The molecule has 1 aromatic carbocycles. The second kappa shape index (κ2) is 8.26. The van der Waals surface area contributed by atoms with Crippen LogP contribution in [0.2, 0.25) is 0 Å². The molecular weight excluding hydrogens is 384 g/mol. The van der Waals surface area contributed by atoms with Gasteiger partial charge in [-0.05, 0) is 37.5 Å². The Morgan fingerprint density at radius 3 is 2.33 bits per heavy atom. The number of nitrogens with zero attached hydrogens (tertiary/aromatic N) is 3. The molecule has 4 rings (SSSR count). The Morgan fingerprint density at radius 1 is 1.10 bits per heavy atom. The van der Waals surface area contributed by atoms with Crippen LogP contribution >= 0.6 is 0 Å². The van der Waals surface area contributed by atoms with E-state index in [4.69, 9.17) is 4.74 Å². The zero-order valence-electron chi connectivity index (χ0n) is 17.7. The molecule has 1 spiro atoms. The monoisotopic (exact) mass is 414 g/mol. The van der Waals surface area contributed by atoms with Crippen LogP contribution in [-0.2, 0) is 16.1 Å². The molecule has 0 bridgehead atoms. The lowest BCUT2D eigenvalue weighted by Gasteiger charge is -2.37. The third-order valence-corrected chi connectivity index (χ3v) is 6.64. The molecule has 1 saturated carbocycles. The van der Waals surface area contributed by atoms with Crippen LogP contribution < -0.4 is 10.1 Å². The van der Waals surface area contributed by atoms with Gasteiger partial charge in [0.2, 0.25) is 5.91 Å². The van der Waals surface area contributed by atoms with Crippen molar-refractivity contribution in [3.63, 3.8) is 0 Å². The standard InChI is InChI=1S/C22H30N4O4/c1-16(26-20(28)22(23-21(26)29)9-3-4-10-22)19(27)25-13-11-24(12-14-25)15-17-5-7-18(30-2)8-6-17/h5-8,16H,3-4,9-15H2,1-2H3,(H,23,29). The van der Waals surface area contributed by atoms with E-state index in [1.54, 1.807) is 18.9 Å². The second-order valence-corrected chi connectivity index (χ2v) is 8.52. The average molecular weight is 415 g/mol. The Hall–Kier alpha value is -2.61. The van der Waals surface area contributed by atoms with E-state index >= 15 is 0 Å². The highest BCUT2D eigenvalue weighted by Crippen LogP contribution is 2.36. The highest BCUT2D eigenvalue weighted by Gasteiger charge is 2.54. The van der Waals surface area contributed by atoms with Crippen molar-refractivity contribution in [3.05, 3.63) is 29.8 Å². The number of urea groups is 1. The minimum atomic E-state index is -0.775. The normalized spacial score (nSPS) is 22.5. The average Bonchev–Trinajstić information content (AvgIpc) is 3.32. The molecule has 1 unspecified atom stereocenters. The third-order valence-electron chi connectivity index (χ3n) is 6.64. The van der Waals surface area contributed by atoms with E-state index < -0.39 is 17.6 Å². The van der Waals surface area contributed by atoms with Gasteiger partial charge in [0.15, 0.2) is 0 Å². The maximum absolute atomic E-state index is 13.0. The minimum Gasteiger partial charge on any atom is -0.497 e. The predicted octanol–water partition coefficient (Wildman–Crippen LogP) is 1.59. The highest BCUT2D eigenvalue weighted by atomic mass is 16.5. The molecule has 0 radical (unpaired) electrons. The summed E-state index contributed by atoms with van der Waals surface area (Å²) in [6, 6.07) is 6.80. The summed E-state index contributed by atoms with van der Waals surface area (Å²) in [6.07, 6.45) is 3.19. The van der Waals surface area contributed by atoms with Crippen molar-refractivity contribution >= 4 is 17.8 Å². The Balaban J connectivity index is 1.32. The first-order chi connectivity index (χ1) is 14.4. The second-order valence-electron chi connectivity index (χ2n) is 8.52. The molecule has 3 aliphatic rings. The van der Waals surface area contributed by atoms with E-state index in [0.29, 0.717) is 25.9 Å². The molecule has 30 heavy (non-hydrogen) atoms. The number of rotatable bonds is 5. The van der Waals surface area contributed by atoms with Crippen LogP contribution in [0.1, 0.15) is 38.2 Å². The Bertz CT molecular complexity index is 811. The van der Waals surface area contributed by atoms with Gasteiger partial charge in [-0.1, -0.05) is 25.0 Å². The van der Waals surface area contributed by atoms with Gasteiger partial charge in [0.05, 0.1) is 7.11 Å².